The Morgan fingerprint density at radius 1 is 1.00 bits per heavy atom. The van der Waals surface area contributed by atoms with Crippen LogP contribution < -0.4 is 10.2 Å². The van der Waals surface area contributed by atoms with E-state index < -0.39 is 23.4 Å². The highest BCUT2D eigenvalue weighted by Gasteiger charge is 2.23. The highest BCUT2D eigenvalue weighted by atomic mass is 19.1. The minimum atomic E-state index is -0.806. The lowest BCUT2D eigenvalue weighted by atomic mass is 10.3. The predicted octanol–water partition coefficient (Wildman–Crippen LogP) is 2.29. The van der Waals surface area contributed by atoms with Crippen molar-refractivity contribution in [3.63, 3.8) is 0 Å². The Kier molecular flexibility index (Phi) is 4.83. The second-order valence-electron chi connectivity index (χ2n) is 6.19. The number of hydrogen-bond acceptors (Lipinski definition) is 5. The summed E-state index contributed by atoms with van der Waals surface area (Å²) in [5, 5.41) is 6.46. The van der Waals surface area contributed by atoms with Gasteiger partial charge in [-0.2, -0.15) is 5.10 Å². The zero-order valence-electron chi connectivity index (χ0n) is 14.8. The molecule has 0 spiro atoms. The molecule has 0 atom stereocenters. The maximum Gasteiger partial charge on any atom is 0.322 e. The second kappa shape index (κ2) is 7.59. The molecule has 0 saturated carbocycles. The van der Waals surface area contributed by atoms with Crippen molar-refractivity contribution in [1.82, 2.24) is 24.6 Å². The summed E-state index contributed by atoms with van der Waals surface area (Å²) in [4.78, 5) is 24.4. The summed E-state index contributed by atoms with van der Waals surface area (Å²) in [6.45, 7) is 1.84. The zero-order chi connectivity index (χ0) is 19.5. The molecule has 2 aromatic heterocycles. The van der Waals surface area contributed by atoms with E-state index in [1.54, 1.807) is 23.1 Å². The minimum Gasteiger partial charge on any atom is -0.353 e. The molecule has 1 fully saturated rings. The number of rotatable bonds is 3. The van der Waals surface area contributed by atoms with Gasteiger partial charge in [0.05, 0.1) is 0 Å². The van der Waals surface area contributed by atoms with Gasteiger partial charge in [-0.05, 0) is 18.2 Å². The topological polar surface area (TPSA) is 79.2 Å². The van der Waals surface area contributed by atoms with Crippen molar-refractivity contribution in [2.24, 2.45) is 0 Å². The monoisotopic (exact) mass is 385 g/mol. The third-order valence-corrected chi connectivity index (χ3v) is 4.46. The van der Waals surface area contributed by atoms with Crippen LogP contribution in [0.15, 0.2) is 49.1 Å². The molecule has 0 unspecified atom stereocenters. The van der Waals surface area contributed by atoms with E-state index >= 15 is 0 Å². The molecule has 8 nitrogen and oxygen atoms in total. The molecular weight excluding hydrogens is 368 g/mol. The predicted molar refractivity (Wildman–Crippen MR) is 98.3 cm³/mol. The maximum absolute atomic E-state index is 13.7. The number of nitrogens with one attached hydrogen (secondary N) is 1. The molecule has 28 heavy (non-hydrogen) atoms. The maximum atomic E-state index is 13.7. The molecule has 1 aromatic carbocycles. The van der Waals surface area contributed by atoms with Gasteiger partial charge in [0.1, 0.15) is 29.5 Å². The van der Waals surface area contributed by atoms with E-state index in [2.05, 4.69) is 20.4 Å². The van der Waals surface area contributed by atoms with E-state index in [-0.39, 0.29) is 0 Å². The minimum absolute atomic E-state index is 0.392. The molecule has 1 N–H and O–H groups in total. The summed E-state index contributed by atoms with van der Waals surface area (Å²) in [6, 6.07) is 6.53. The number of piperazine rings is 1. The molecule has 144 valence electrons. The third-order valence-electron chi connectivity index (χ3n) is 4.46. The molecule has 1 aliphatic heterocycles. The number of hydrogen-bond donors (Lipinski definition) is 1. The Hall–Kier alpha value is -3.56. The van der Waals surface area contributed by atoms with Crippen molar-refractivity contribution in [2.75, 3.05) is 36.4 Å². The van der Waals surface area contributed by atoms with Crippen LogP contribution in [0.3, 0.4) is 0 Å². The number of aromatic nitrogens is 4. The van der Waals surface area contributed by atoms with Crippen molar-refractivity contribution < 1.29 is 13.6 Å². The molecule has 2 amide bonds. The Morgan fingerprint density at radius 3 is 2.39 bits per heavy atom. The number of urea groups is 1. The van der Waals surface area contributed by atoms with E-state index in [4.69, 9.17) is 0 Å². The fraction of sp³-hybridized carbons (Fsp3) is 0.222. The Balaban J connectivity index is 1.40. The smallest absolute Gasteiger partial charge is 0.322 e. The van der Waals surface area contributed by atoms with Gasteiger partial charge in [-0.1, -0.05) is 6.07 Å². The van der Waals surface area contributed by atoms with Gasteiger partial charge in [-0.25, -0.2) is 28.2 Å². The first-order valence-corrected chi connectivity index (χ1v) is 8.69. The molecule has 0 bridgehead atoms. The van der Waals surface area contributed by atoms with Crippen LogP contribution in [-0.4, -0.2) is 56.9 Å². The highest BCUT2D eigenvalue weighted by molar-refractivity contribution is 5.89. The van der Waals surface area contributed by atoms with Gasteiger partial charge in [0.2, 0.25) is 0 Å². The standard InChI is InChI=1S/C18H17F2N7O/c19-13-3-1-4-14(20)17(13)24-18(28)26-9-7-25(8-10-26)15-11-16(22-12-21-15)27-6-2-5-23-27/h1-6,11-12H,7-10H2,(H,24,28). The largest absolute Gasteiger partial charge is 0.353 e. The van der Waals surface area contributed by atoms with Crippen LogP contribution in [0, 0.1) is 11.6 Å². The van der Waals surface area contributed by atoms with Crippen molar-refractivity contribution in [2.45, 2.75) is 0 Å². The number of carbonyl (C=O) groups is 1. The molecular formula is C18H17F2N7O. The average Bonchev–Trinajstić information content (AvgIpc) is 3.26. The normalized spacial score (nSPS) is 14.2. The lowest BCUT2D eigenvalue weighted by Crippen LogP contribution is -2.50. The fourth-order valence-electron chi connectivity index (χ4n) is 2.98. The summed E-state index contributed by atoms with van der Waals surface area (Å²) in [5.41, 5.74) is -0.436. The van der Waals surface area contributed by atoms with Crippen molar-refractivity contribution >= 4 is 17.5 Å². The third kappa shape index (κ3) is 3.61. The van der Waals surface area contributed by atoms with Crippen molar-refractivity contribution in [3.05, 3.63) is 60.7 Å². The highest BCUT2D eigenvalue weighted by Crippen LogP contribution is 2.20. The molecule has 4 rings (SSSR count). The summed E-state index contributed by atoms with van der Waals surface area (Å²) in [7, 11) is 0. The molecule has 3 aromatic rings. The number of halogens is 2. The van der Waals surface area contributed by atoms with Crippen LogP contribution in [0.1, 0.15) is 0 Å². The van der Waals surface area contributed by atoms with Crippen LogP contribution in [0.25, 0.3) is 5.82 Å². The number of nitrogens with zero attached hydrogens (tertiary/aromatic N) is 6. The van der Waals surface area contributed by atoms with E-state index in [0.717, 1.165) is 18.0 Å². The van der Waals surface area contributed by atoms with Gasteiger partial charge < -0.3 is 15.1 Å². The molecule has 10 heteroatoms. The Labute approximate surface area is 159 Å². The number of para-hydroxylation sites is 1. The van der Waals surface area contributed by atoms with Crippen LogP contribution >= 0.6 is 0 Å². The van der Waals surface area contributed by atoms with Gasteiger partial charge in [-0.15, -0.1) is 0 Å². The quantitative estimate of drug-likeness (QED) is 0.748. The first-order valence-electron chi connectivity index (χ1n) is 8.69. The average molecular weight is 385 g/mol. The van der Waals surface area contributed by atoms with E-state index in [9.17, 15) is 13.6 Å². The first-order chi connectivity index (χ1) is 13.6. The zero-order valence-corrected chi connectivity index (χ0v) is 14.8. The Bertz CT molecular complexity index is 952. The number of anilines is 2. The summed E-state index contributed by atoms with van der Waals surface area (Å²) in [5.74, 6) is -0.246. The van der Waals surface area contributed by atoms with Gasteiger partial charge >= 0.3 is 6.03 Å². The lowest BCUT2D eigenvalue weighted by molar-refractivity contribution is 0.208. The molecule has 1 saturated heterocycles. The summed E-state index contributed by atoms with van der Waals surface area (Å²) >= 11 is 0. The molecule has 0 radical (unpaired) electrons. The number of carbonyl (C=O) groups excluding carboxylic acids is 1. The van der Waals surface area contributed by atoms with Gasteiger partial charge in [-0.3, -0.25) is 0 Å². The number of amides is 2. The van der Waals surface area contributed by atoms with Gasteiger partial charge in [0.25, 0.3) is 0 Å². The van der Waals surface area contributed by atoms with Crippen LogP contribution in [0.5, 0.6) is 0 Å². The van der Waals surface area contributed by atoms with Crippen LogP contribution in [0.2, 0.25) is 0 Å². The fourth-order valence-corrected chi connectivity index (χ4v) is 2.98. The van der Waals surface area contributed by atoms with Crippen LogP contribution in [-0.2, 0) is 0 Å². The number of benzene rings is 1. The molecule has 3 heterocycles. The first kappa shape index (κ1) is 17.8. The van der Waals surface area contributed by atoms with Gasteiger partial charge in [0, 0.05) is 44.6 Å². The summed E-state index contributed by atoms with van der Waals surface area (Å²) in [6.07, 6.45) is 4.92. The molecule has 0 aliphatic carbocycles. The SMILES string of the molecule is O=C(Nc1c(F)cccc1F)N1CCN(c2cc(-n3cccn3)ncn2)CC1. The second-order valence-corrected chi connectivity index (χ2v) is 6.19. The van der Waals surface area contributed by atoms with Crippen molar-refractivity contribution in [1.29, 1.82) is 0 Å². The van der Waals surface area contributed by atoms with Crippen LogP contribution in [0.4, 0.5) is 25.1 Å². The lowest BCUT2D eigenvalue weighted by Gasteiger charge is -2.35. The van der Waals surface area contributed by atoms with Gasteiger partial charge in [0.15, 0.2) is 5.82 Å². The molecule has 1 aliphatic rings. The Morgan fingerprint density at radius 2 is 1.71 bits per heavy atom. The van der Waals surface area contributed by atoms with E-state index in [1.165, 1.54) is 17.3 Å². The van der Waals surface area contributed by atoms with E-state index in [1.807, 2.05) is 11.0 Å². The summed E-state index contributed by atoms with van der Waals surface area (Å²) < 4.78 is 29.1. The van der Waals surface area contributed by atoms with Crippen molar-refractivity contribution in [3.8, 4) is 5.82 Å². The van der Waals surface area contributed by atoms with E-state index in [0.29, 0.717) is 32.0 Å².